The monoisotopic (exact) mass is 368 g/mol. The highest BCUT2D eigenvalue weighted by molar-refractivity contribution is 4.87. The van der Waals surface area contributed by atoms with Gasteiger partial charge in [0.1, 0.15) is 18.3 Å². The summed E-state index contributed by atoms with van der Waals surface area (Å²) < 4.78 is 31.7. The summed E-state index contributed by atoms with van der Waals surface area (Å²) in [6.45, 7) is 7.73. The Labute approximate surface area is 148 Å². The zero-order valence-corrected chi connectivity index (χ0v) is 15.0. The van der Waals surface area contributed by atoms with Crippen LogP contribution in [0.2, 0.25) is 0 Å². The van der Waals surface area contributed by atoms with Gasteiger partial charge in [-0.25, -0.2) is 0 Å². The highest BCUT2D eigenvalue weighted by atomic mass is 16.7. The van der Waals surface area contributed by atoms with Crippen molar-refractivity contribution in [1.29, 1.82) is 0 Å². The lowest BCUT2D eigenvalue weighted by atomic mass is 10.0. The van der Waals surface area contributed by atoms with Crippen LogP contribution in [-0.2, 0) is 28.4 Å². The minimum absolute atomic E-state index is 0.192. The average Bonchev–Trinajstić information content (AvgIpc) is 2.61. The number of aliphatic hydroxyl groups is 3. The minimum Gasteiger partial charge on any atom is -0.388 e. The Bertz CT molecular complexity index is 318. The first-order chi connectivity index (χ1) is 12.1. The maximum atomic E-state index is 9.78. The molecule has 0 radical (unpaired) electrons. The number of hydrogen-bond acceptors (Lipinski definition) is 9. The molecule has 0 aliphatic carbocycles. The highest BCUT2D eigenvalue weighted by Gasteiger charge is 2.42. The number of aliphatic hydroxyl groups excluding tert-OH is 3. The van der Waals surface area contributed by atoms with E-state index in [9.17, 15) is 15.3 Å². The van der Waals surface area contributed by atoms with E-state index in [0.717, 1.165) is 0 Å². The van der Waals surface area contributed by atoms with Gasteiger partial charge in [0.15, 0.2) is 6.29 Å². The van der Waals surface area contributed by atoms with Crippen molar-refractivity contribution in [1.82, 2.24) is 0 Å². The second-order valence-corrected chi connectivity index (χ2v) is 5.59. The van der Waals surface area contributed by atoms with Gasteiger partial charge in [-0.2, -0.15) is 0 Å². The summed E-state index contributed by atoms with van der Waals surface area (Å²) in [6, 6.07) is 0. The molecule has 25 heavy (non-hydrogen) atoms. The lowest BCUT2D eigenvalue weighted by molar-refractivity contribution is -0.294. The van der Waals surface area contributed by atoms with Crippen LogP contribution in [0.15, 0.2) is 0 Å². The van der Waals surface area contributed by atoms with Gasteiger partial charge < -0.3 is 43.7 Å². The lowest BCUT2D eigenvalue weighted by Gasteiger charge is -2.38. The van der Waals surface area contributed by atoms with Crippen molar-refractivity contribution in [3.63, 3.8) is 0 Å². The van der Waals surface area contributed by atoms with Gasteiger partial charge in [0.05, 0.1) is 59.0 Å². The third kappa shape index (κ3) is 9.23. The van der Waals surface area contributed by atoms with Crippen LogP contribution in [0.25, 0.3) is 0 Å². The summed E-state index contributed by atoms with van der Waals surface area (Å²) in [5.74, 6) is 0. The Hall–Kier alpha value is -0.360. The third-order valence-corrected chi connectivity index (χ3v) is 3.64. The average molecular weight is 368 g/mol. The topological polar surface area (TPSA) is 116 Å². The largest absolute Gasteiger partial charge is 0.388 e. The van der Waals surface area contributed by atoms with Crippen molar-refractivity contribution in [3.8, 4) is 0 Å². The second kappa shape index (κ2) is 13.8. The van der Waals surface area contributed by atoms with E-state index in [1.807, 2.05) is 6.92 Å². The van der Waals surface area contributed by atoms with Gasteiger partial charge >= 0.3 is 0 Å². The summed E-state index contributed by atoms with van der Waals surface area (Å²) >= 11 is 0. The molecule has 5 atom stereocenters. The molecule has 1 saturated heterocycles. The van der Waals surface area contributed by atoms with Gasteiger partial charge in [-0.1, -0.05) is 0 Å². The highest BCUT2D eigenvalue weighted by Crippen LogP contribution is 2.21. The van der Waals surface area contributed by atoms with Crippen LogP contribution >= 0.6 is 0 Å². The molecule has 0 aromatic heterocycles. The summed E-state index contributed by atoms with van der Waals surface area (Å²) in [5, 5.41) is 29.0. The molecule has 0 aromatic rings. The van der Waals surface area contributed by atoms with Crippen molar-refractivity contribution < 1.29 is 43.7 Å². The van der Waals surface area contributed by atoms with E-state index in [-0.39, 0.29) is 6.61 Å². The SMILES string of the molecule is CCOCCOCCOCCOCCO[C@@H]1OC(C)[C@@H](O)C(O)C1O. The predicted octanol–water partition coefficient (Wildman–Crippen LogP) is -1.08. The molecule has 3 N–H and O–H groups in total. The number of hydrogen-bond donors (Lipinski definition) is 3. The van der Waals surface area contributed by atoms with Crippen molar-refractivity contribution in [3.05, 3.63) is 0 Å². The fraction of sp³-hybridized carbons (Fsp3) is 1.00. The summed E-state index contributed by atoms with van der Waals surface area (Å²) in [5.41, 5.74) is 0. The van der Waals surface area contributed by atoms with Crippen LogP contribution in [0.3, 0.4) is 0 Å². The van der Waals surface area contributed by atoms with E-state index in [0.29, 0.717) is 52.9 Å². The Kier molecular flexibility index (Phi) is 12.5. The van der Waals surface area contributed by atoms with Crippen molar-refractivity contribution in [2.75, 3.05) is 59.5 Å². The first-order valence-electron chi connectivity index (χ1n) is 8.70. The van der Waals surface area contributed by atoms with E-state index >= 15 is 0 Å². The van der Waals surface area contributed by atoms with Gasteiger partial charge in [-0.05, 0) is 13.8 Å². The van der Waals surface area contributed by atoms with E-state index in [1.165, 1.54) is 0 Å². The molecule has 3 unspecified atom stereocenters. The molecule has 0 amide bonds. The Morgan fingerprint density at radius 3 is 1.68 bits per heavy atom. The van der Waals surface area contributed by atoms with Gasteiger partial charge in [0.2, 0.25) is 0 Å². The smallest absolute Gasteiger partial charge is 0.186 e. The van der Waals surface area contributed by atoms with Gasteiger partial charge in [0.25, 0.3) is 0 Å². The van der Waals surface area contributed by atoms with Gasteiger partial charge in [-0.15, -0.1) is 0 Å². The Morgan fingerprint density at radius 1 is 0.680 bits per heavy atom. The molecular formula is C16H32O9. The van der Waals surface area contributed by atoms with Crippen molar-refractivity contribution in [2.24, 2.45) is 0 Å². The quantitative estimate of drug-likeness (QED) is 0.329. The fourth-order valence-corrected chi connectivity index (χ4v) is 2.18. The molecule has 0 aromatic carbocycles. The molecule has 1 heterocycles. The zero-order valence-electron chi connectivity index (χ0n) is 15.0. The van der Waals surface area contributed by atoms with Gasteiger partial charge in [-0.3, -0.25) is 0 Å². The van der Waals surface area contributed by atoms with Gasteiger partial charge in [0, 0.05) is 6.61 Å². The first kappa shape index (κ1) is 22.7. The maximum absolute atomic E-state index is 9.78. The minimum atomic E-state index is -1.29. The van der Waals surface area contributed by atoms with Crippen molar-refractivity contribution in [2.45, 2.75) is 44.6 Å². The molecule has 1 rings (SSSR count). The molecule has 9 nitrogen and oxygen atoms in total. The van der Waals surface area contributed by atoms with Crippen LogP contribution in [0.5, 0.6) is 0 Å². The van der Waals surface area contributed by atoms with Crippen LogP contribution in [0, 0.1) is 0 Å². The summed E-state index contributed by atoms with van der Waals surface area (Å²) in [7, 11) is 0. The molecule has 1 fully saturated rings. The maximum Gasteiger partial charge on any atom is 0.186 e. The number of rotatable bonds is 14. The molecule has 0 bridgehead atoms. The lowest BCUT2D eigenvalue weighted by Crippen LogP contribution is -2.57. The standard InChI is InChI=1S/C16H32O9/c1-3-20-4-5-21-6-7-22-8-9-23-10-11-24-16-15(19)14(18)13(17)12(2)25-16/h12-19H,3-11H2,1-2H3/t12?,13-,14?,15?,16-/m1/s1. The molecule has 1 aliphatic rings. The second-order valence-electron chi connectivity index (χ2n) is 5.59. The Morgan fingerprint density at radius 2 is 1.16 bits per heavy atom. The summed E-state index contributed by atoms with van der Waals surface area (Å²) in [4.78, 5) is 0. The molecule has 1 aliphatic heterocycles. The van der Waals surface area contributed by atoms with Crippen molar-refractivity contribution >= 4 is 0 Å². The summed E-state index contributed by atoms with van der Waals surface area (Å²) in [6.07, 6.45) is -5.32. The van der Waals surface area contributed by atoms with Crippen LogP contribution in [0.1, 0.15) is 13.8 Å². The van der Waals surface area contributed by atoms with E-state index in [4.69, 9.17) is 28.4 Å². The van der Waals surface area contributed by atoms with Crippen LogP contribution in [0.4, 0.5) is 0 Å². The zero-order chi connectivity index (χ0) is 18.5. The third-order valence-electron chi connectivity index (χ3n) is 3.64. The van der Waals surface area contributed by atoms with E-state index in [2.05, 4.69) is 0 Å². The molecule has 0 spiro atoms. The molecular weight excluding hydrogens is 336 g/mol. The number of ether oxygens (including phenoxy) is 6. The van der Waals surface area contributed by atoms with Crippen LogP contribution in [-0.4, -0.2) is 105 Å². The molecule has 9 heteroatoms. The fourth-order valence-electron chi connectivity index (χ4n) is 2.18. The predicted molar refractivity (Wildman–Crippen MR) is 87.3 cm³/mol. The molecule has 150 valence electrons. The van der Waals surface area contributed by atoms with E-state index < -0.39 is 30.7 Å². The first-order valence-corrected chi connectivity index (χ1v) is 8.70. The normalized spacial score (nSPS) is 29.9. The molecule has 0 saturated carbocycles. The van der Waals surface area contributed by atoms with Crippen LogP contribution < -0.4 is 0 Å². The Balaban J connectivity index is 1.90. The van der Waals surface area contributed by atoms with E-state index in [1.54, 1.807) is 6.92 Å².